The van der Waals surface area contributed by atoms with E-state index in [1.54, 1.807) is 6.08 Å². The quantitative estimate of drug-likeness (QED) is 0.0235. The molecule has 0 radical (unpaired) electrons. The Labute approximate surface area is 278 Å². The molecule has 10 heteroatoms. The van der Waals surface area contributed by atoms with Crippen LogP contribution in [0.4, 0.5) is 0 Å². The highest BCUT2D eigenvalue weighted by Gasteiger charge is 2.22. The number of rotatable bonds is 29. The third kappa shape index (κ3) is 31.7. The molecule has 0 aromatic heterocycles. The van der Waals surface area contributed by atoms with Crippen LogP contribution < -0.4 is 0 Å². The second kappa shape index (κ2) is 30.1. The number of phosphoric ester groups is 1. The maximum Gasteiger partial charge on any atom is 0.469 e. The van der Waals surface area contributed by atoms with Crippen molar-refractivity contribution < 1.29 is 43.0 Å². The van der Waals surface area contributed by atoms with E-state index in [1.165, 1.54) is 25.7 Å². The van der Waals surface area contributed by atoms with E-state index < -0.39 is 32.5 Å². The fraction of sp³-hybridized carbons (Fsp3) is 0.667. The highest BCUT2D eigenvalue weighted by atomic mass is 31.2. The van der Waals surface area contributed by atoms with Crippen molar-refractivity contribution in [2.24, 2.45) is 5.92 Å². The monoisotopic (exact) mass is 668 g/mol. The summed E-state index contributed by atoms with van der Waals surface area (Å²) < 4.78 is 26.1. The molecule has 3 N–H and O–H groups in total. The Balaban J connectivity index is 4.16. The van der Waals surface area contributed by atoms with Gasteiger partial charge in [0.1, 0.15) is 6.61 Å². The average Bonchev–Trinajstić information content (AvgIpc) is 3.02. The number of esters is 2. The number of aliphatic hydroxyl groups is 1. The Hall–Kier alpha value is -2.29. The molecule has 0 aromatic carbocycles. The van der Waals surface area contributed by atoms with Gasteiger partial charge in [-0.3, -0.25) is 14.1 Å². The molecule has 0 rings (SSSR count). The zero-order valence-corrected chi connectivity index (χ0v) is 29.4. The molecule has 0 aliphatic carbocycles. The summed E-state index contributed by atoms with van der Waals surface area (Å²) >= 11 is 0. The van der Waals surface area contributed by atoms with E-state index in [-0.39, 0.29) is 25.6 Å². The third-order valence-corrected chi connectivity index (χ3v) is 7.73. The lowest BCUT2D eigenvalue weighted by Crippen LogP contribution is -2.29. The minimum Gasteiger partial charge on any atom is -0.462 e. The Morgan fingerprint density at radius 2 is 1.30 bits per heavy atom. The van der Waals surface area contributed by atoms with Crippen LogP contribution in [-0.4, -0.2) is 52.3 Å². The molecule has 0 saturated carbocycles. The molecule has 0 fully saturated rings. The third-order valence-electron chi connectivity index (χ3n) is 7.25. The summed E-state index contributed by atoms with van der Waals surface area (Å²) in [6.45, 7) is 5.53. The van der Waals surface area contributed by atoms with Gasteiger partial charge in [-0.1, -0.05) is 126 Å². The number of hydrogen-bond donors (Lipinski definition) is 3. The number of carbonyl (C=O) groups excluding carboxylic acids is 2. The second-order valence-electron chi connectivity index (χ2n) is 11.6. The molecule has 0 aromatic rings. The molecule has 0 aliphatic rings. The normalized spacial score (nSPS) is 14.7. The summed E-state index contributed by atoms with van der Waals surface area (Å²) in [5, 5.41) is 9.43. The summed E-state index contributed by atoms with van der Waals surface area (Å²) in [4.78, 5) is 42.5. The van der Waals surface area contributed by atoms with E-state index in [1.807, 2.05) is 37.3 Å². The second-order valence-corrected chi connectivity index (χ2v) is 12.8. The van der Waals surface area contributed by atoms with Crippen LogP contribution in [-0.2, 0) is 28.2 Å². The van der Waals surface area contributed by atoms with Crippen molar-refractivity contribution >= 4 is 19.8 Å². The fourth-order valence-corrected chi connectivity index (χ4v) is 4.52. The molecule has 1 unspecified atom stereocenters. The summed E-state index contributed by atoms with van der Waals surface area (Å²) in [5.41, 5.74) is 0. The van der Waals surface area contributed by atoms with E-state index in [0.29, 0.717) is 25.7 Å². The molecular weight excluding hydrogens is 607 g/mol. The van der Waals surface area contributed by atoms with Crippen LogP contribution in [0.15, 0.2) is 60.8 Å². The molecule has 3 atom stereocenters. The van der Waals surface area contributed by atoms with Crippen LogP contribution in [0.3, 0.4) is 0 Å². The topological polar surface area (TPSA) is 140 Å². The zero-order chi connectivity index (χ0) is 34.3. The molecule has 46 heavy (non-hydrogen) atoms. The van der Waals surface area contributed by atoms with Crippen LogP contribution in [0.5, 0.6) is 0 Å². The van der Waals surface area contributed by atoms with E-state index in [4.69, 9.17) is 19.3 Å². The van der Waals surface area contributed by atoms with E-state index in [9.17, 15) is 19.3 Å². The standard InChI is InChI=1S/C36H61O9P/c1-4-32(3)26-22-18-16-17-21-25-29-36(39)45-34(31-44-46(40,41)42)30-43-35(38)28-24-20-15-13-11-9-7-6-8-10-12-14-19-23-27-33(37)5-2/h7-10,13-15,19,23,27,32-34,37H,4-6,11-12,16-18,20-22,24-26,28-31H2,1-3H3,(H2,40,41,42)/b9-7-,10-8-,15-13-,19-14-,27-23+/t32?,33-,34+/m0/s1. The van der Waals surface area contributed by atoms with Gasteiger partial charge in [-0.25, -0.2) is 4.57 Å². The first kappa shape index (κ1) is 43.7. The Bertz CT molecular complexity index is 965. The molecule has 264 valence electrons. The number of ether oxygens (including phenoxy) is 2. The van der Waals surface area contributed by atoms with E-state index >= 15 is 0 Å². The first-order valence-electron chi connectivity index (χ1n) is 17.1. The Kier molecular flexibility index (Phi) is 28.6. The molecular formula is C36H61O9P. The molecule has 9 nitrogen and oxygen atoms in total. The van der Waals surface area contributed by atoms with Crippen molar-refractivity contribution in [3.8, 4) is 0 Å². The average molecular weight is 669 g/mol. The highest BCUT2D eigenvalue weighted by molar-refractivity contribution is 7.46. The van der Waals surface area contributed by atoms with E-state index in [2.05, 4.69) is 42.7 Å². The predicted octanol–water partition coefficient (Wildman–Crippen LogP) is 8.61. The maximum atomic E-state index is 12.3. The van der Waals surface area contributed by atoms with Gasteiger partial charge in [0.15, 0.2) is 6.10 Å². The fourth-order valence-electron chi connectivity index (χ4n) is 4.16. The summed E-state index contributed by atoms with van der Waals surface area (Å²) in [6, 6.07) is 0. The number of aliphatic hydroxyl groups excluding tert-OH is 1. The first-order valence-corrected chi connectivity index (χ1v) is 18.6. The van der Waals surface area contributed by atoms with Crippen molar-refractivity contribution in [1.29, 1.82) is 0 Å². The smallest absolute Gasteiger partial charge is 0.462 e. The van der Waals surface area contributed by atoms with Crippen molar-refractivity contribution in [1.82, 2.24) is 0 Å². The van der Waals surface area contributed by atoms with Gasteiger partial charge >= 0.3 is 19.8 Å². The van der Waals surface area contributed by atoms with Gasteiger partial charge in [0.25, 0.3) is 0 Å². The molecule has 0 amide bonds. The lowest BCUT2D eigenvalue weighted by molar-refractivity contribution is -0.161. The van der Waals surface area contributed by atoms with Crippen LogP contribution in [0, 0.1) is 5.92 Å². The predicted molar refractivity (Wildman–Crippen MR) is 185 cm³/mol. The first-order chi connectivity index (χ1) is 22.1. The summed E-state index contributed by atoms with van der Waals surface area (Å²) in [7, 11) is -4.77. The molecule has 0 heterocycles. The minimum atomic E-state index is -4.77. The highest BCUT2D eigenvalue weighted by Crippen LogP contribution is 2.35. The van der Waals surface area contributed by atoms with Crippen molar-refractivity contribution in [3.05, 3.63) is 60.8 Å². The van der Waals surface area contributed by atoms with Crippen LogP contribution in [0.1, 0.15) is 124 Å². The van der Waals surface area contributed by atoms with Gasteiger partial charge in [-0.05, 0) is 50.9 Å². The lowest BCUT2D eigenvalue weighted by Gasteiger charge is -2.18. The Morgan fingerprint density at radius 3 is 1.93 bits per heavy atom. The number of allylic oxidation sites excluding steroid dienone is 9. The van der Waals surface area contributed by atoms with Crippen molar-refractivity contribution in [2.75, 3.05) is 13.2 Å². The number of hydrogen-bond acceptors (Lipinski definition) is 7. The van der Waals surface area contributed by atoms with E-state index in [0.717, 1.165) is 44.4 Å². The molecule has 0 aliphatic heterocycles. The molecule has 0 bridgehead atoms. The van der Waals surface area contributed by atoms with Gasteiger partial charge in [-0.15, -0.1) is 0 Å². The van der Waals surface area contributed by atoms with Crippen LogP contribution in [0.25, 0.3) is 0 Å². The lowest BCUT2D eigenvalue weighted by atomic mass is 10.00. The largest absolute Gasteiger partial charge is 0.469 e. The Morgan fingerprint density at radius 1 is 0.717 bits per heavy atom. The maximum absolute atomic E-state index is 12.3. The van der Waals surface area contributed by atoms with Gasteiger partial charge in [-0.2, -0.15) is 0 Å². The number of unbranched alkanes of at least 4 members (excludes halogenated alkanes) is 6. The van der Waals surface area contributed by atoms with Gasteiger partial charge in [0.05, 0.1) is 12.7 Å². The van der Waals surface area contributed by atoms with Gasteiger partial charge in [0.2, 0.25) is 0 Å². The summed E-state index contributed by atoms with van der Waals surface area (Å²) in [6.07, 6.45) is 32.0. The zero-order valence-electron chi connectivity index (χ0n) is 28.5. The van der Waals surface area contributed by atoms with Crippen molar-refractivity contribution in [3.63, 3.8) is 0 Å². The summed E-state index contributed by atoms with van der Waals surface area (Å²) in [5.74, 6) is -0.214. The van der Waals surface area contributed by atoms with Crippen LogP contribution in [0.2, 0.25) is 0 Å². The minimum absolute atomic E-state index is 0.172. The van der Waals surface area contributed by atoms with Gasteiger partial charge < -0.3 is 24.4 Å². The van der Waals surface area contributed by atoms with Crippen LogP contribution >= 0.6 is 7.82 Å². The van der Waals surface area contributed by atoms with Crippen molar-refractivity contribution in [2.45, 2.75) is 136 Å². The molecule has 0 spiro atoms. The number of phosphoric acid groups is 1. The number of carbonyl (C=O) groups is 2. The SMILES string of the molecule is CCC(C)CCCCCCCCC(=O)O[C@H](COC(=O)CCC/C=C\C/C=C\C/C=C\C/C=C\C=C\[C@@H](O)CC)COP(=O)(O)O. The van der Waals surface area contributed by atoms with Gasteiger partial charge in [0, 0.05) is 12.8 Å². The molecule has 0 saturated heterocycles.